The Bertz CT molecular complexity index is 851. The number of thioether (sulfide) groups is 1. The van der Waals surface area contributed by atoms with Crippen molar-refractivity contribution in [1.82, 2.24) is 10.2 Å². The summed E-state index contributed by atoms with van der Waals surface area (Å²) < 4.78 is -0.654. The maximum atomic E-state index is 13.4. The van der Waals surface area contributed by atoms with E-state index in [4.69, 9.17) is 11.6 Å². The highest BCUT2D eigenvalue weighted by atomic mass is 35.5. The quantitative estimate of drug-likeness (QED) is 0.648. The highest BCUT2D eigenvalue weighted by Gasteiger charge is 2.73. The molecule has 0 radical (unpaired) electrons. The molecule has 2 bridgehead atoms. The minimum Gasteiger partial charge on any atom is -0.394 e. The molecular weight excluding hydrogens is 414 g/mol. The van der Waals surface area contributed by atoms with Gasteiger partial charge in [-0.25, -0.2) is 0 Å². The van der Waals surface area contributed by atoms with Gasteiger partial charge in [0, 0.05) is 23.0 Å². The minimum absolute atomic E-state index is 0.0290. The maximum absolute atomic E-state index is 13.4. The maximum Gasteiger partial charge on any atom is 0.248 e. The van der Waals surface area contributed by atoms with E-state index in [0.29, 0.717) is 17.1 Å². The van der Waals surface area contributed by atoms with Crippen molar-refractivity contribution >= 4 is 46.8 Å². The van der Waals surface area contributed by atoms with Crippen molar-refractivity contribution in [3.8, 4) is 0 Å². The molecule has 1 spiro atoms. The summed E-state index contributed by atoms with van der Waals surface area (Å²) in [7, 11) is 1.57. The molecule has 0 aromatic heterocycles. The summed E-state index contributed by atoms with van der Waals surface area (Å²) in [6.45, 7) is 1.47. The number of carbonyl (C=O) groups excluding carboxylic acids is 3. The molecule has 1 aromatic rings. The second kappa shape index (κ2) is 7.49. The van der Waals surface area contributed by atoms with Crippen molar-refractivity contribution in [2.24, 2.45) is 11.8 Å². The molecule has 3 N–H and O–H groups in total. The summed E-state index contributed by atoms with van der Waals surface area (Å²) in [5, 5.41) is 15.9. The van der Waals surface area contributed by atoms with Crippen LogP contribution in [0.5, 0.6) is 0 Å². The Morgan fingerprint density at radius 1 is 1.34 bits per heavy atom. The zero-order valence-electron chi connectivity index (χ0n) is 16.2. The number of carbonyl (C=O) groups is 3. The molecule has 2 unspecified atom stereocenters. The molecule has 9 heteroatoms. The number of aliphatic hydroxyl groups excluding tert-OH is 1. The van der Waals surface area contributed by atoms with Crippen molar-refractivity contribution in [2.75, 3.05) is 19.0 Å². The number of amides is 3. The normalized spacial score (nSPS) is 33.5. The first-order chi connectivity index (χ1) is 13.8. The molecule has 1 aromatic carbocycles. The standard InChI is InChI=1S/C20H24ClN3O4S/c1-10(9-25)24-16(18(27)23-12-5-3-11(21)4-6-12)20-8-7-13(29-20)14(17(26)22-2)15(20)19(24)28/h3-6,10,13-16,25H,7-9H2,1-2H3,(H,22,26)(H,23,27)/t10-,13+,14-,15+,16?,20?/m1/s1. The molecule has 3 aliphatic rings. The van der Waals surface area contributed by atoms with Crippen LogP contribution in [-0.2, 0) is 14.4 Å². The Morgan fingerprint density at radius 2 is 2.03 bits per heavy atom. The van der Waals surface area contributed by atoms with Crippen LogP contribution in [0.4, 0.5) is 5.69 Å². The van der Waals surface area contributed by atoms with E-state index in [-0.39, 0.29) is 29.6 Å². The molecule has 7 nitrogen and oxygen atoms in total. The van der Waals surface area contributed by atoms with Crippen LogP contribution in [0.3, 0.4) is 0 Å². The Labute approximate surface area is 178 Å². The number of fused-ring (bicyclic) bond motifs is 1. The summed E-state index contributed by atoms with van der Waals surface area (Å²) in [5.41, 5.74) is 0.587. The number of likely N-dealkylation sites (tertiary alicyclic amines) is 1. The van der Waals surface area contributed by atoms with E-state index in [1.54, 1.807) is 50.0 Å². The van der Waals surface area contributed by atoms with E-state index < -0.39 is 28.7 Å². The number of benzene rings is 1. The lowest BCUT2D eigenvalue weighted by molar-refractivity contribution is -0.141. The van der Waals surface area contributed by atoms with Gasteiger partial charge in [-0.3, -0.25) is 14.4 Å². The monoisotopic (exact) mass is 437 g/mol. The molecule has 3 heterocycles. The third kappa shape index (κ3) is 3.04. The van der Waals surface area contributed by atoms with Gasteiger partial charge >= 0.3 is 0 Å². The predicted octanol–water partition coefficient (Wildman–Crippen LogP) is 1.50. The number of aliphatic hydroxyl groups is 1. The Balaban J connectivity index is 1.72. The van der Waals surface area contributed by atoms with Crippen LogP contribution in [0.15, 0.2) is 24.3 Å². The first kappa shape index (κ1) is 20.5. The average Bonchev–Trinajstić information content (AvgIpc) is 3.35. The van der Waals surface area contributed by atoms with Crippen molar-refractivity contribution in [3.05, 3.63) is 29.3 Å². The second-order valence-corrected chi connectivity index (χ2v) is 9.98. The molecule has 4 rings (SSSR count). The number of nitrogens with zero attached hydrogens (tertiary/aromatic N) is 1. The molecule has 3 aliphatic heterocycles. The Hall–Kier alpha value is -1.77. The molecule has 0 aliphatic carbocycles. The Kier molecular flexibility index (Phi) is 5.29. The fourth-order valence-electron chi connectivity index (χ4n) is 5.16. The predicted molar refractivity (Wildman–Crippen MR) is 112 cm³/mol. The highest BCUT2D eigenvalue weighted by Crippen LogP contribution is 2.66. The third-order valence-corrected chi connectivity index (χ3v) is 8.59. The molecule has 0 saturated carbocycles. The van der Waals surface area contributed by atoms with Gasteiger partial charge in [-0.15, -0.1) is 11.8 Å². The number of hydrogen-bond donors (Lipinski definition) is 3. The lowest BCUT2D eigenvalue weighted by Gasteiger charge is -2.35. The summed E-state index contributed by atoms with van der Waals surface area (Å²) in [6.07, 6.45) is 1.48. The van der Waals surface area contributed by atoms with Crippen LogP contribution >= 0.6 is 23.4 Å². The van der Waals surface area contributed by atoms with E-state index in [1.807, 2.05) is 0 Å². The molecular formula is C20H24ClN3O4S. The largest absolute Gasteiger partial charge is 0.394 e. The Morgan fingerprint density at radius 3 is 2.66 bits per heavy atom. The SMILES string of the molecule is CNC(=O)[C@@H]1[C@@H]2CCC3(S2)C(C(=O)Nc2ccc(Cl)cc2)N([C@H](C)CO)C(=O)[C@H]13. The van der Waals surface area contributed by atoms with Crippen LogP contribution in [0.25, 0.3) is 0 Å². The minimum atomic E-state index is -0.748. The zero-order valence-corrected chi connectivity index (χ0v) is 17.8. The molecule has 6 atom stereocenters. The fraction of sp³-hybridized carbons (Fsp3) is 0.550. The van der Waals surface area contributed by atoms with Crippen molar-refractivity contribution < 1.29 is 19.5 Å². The highest BCUT2D eigenvalue weighted by molar-refractivity contribution is 8.02. The van der Waals surface area contributed by atoms with Gasteiger partial charge in [0.2, 0.25) is 17.7 Å². The molecule has 156 valence electrons. The fourth-order valence-corrected chi connectivity index (χ4v) is 7.50. The topological polar surface area (TPSA) is 98.7 Å². The van der Waals surface area contributed by atoms with Crippen LogP contribution in [-0.4, -0.2) is 63.5 Å². The zero-order chi connectivity index (χ0) is 20.9. The van der Waals surface area contributed by atoms with E-state index >= 15 is 0 Å². The van der Waals surface area contributed by atoms with Gasteiger partial charge < -0.3 is 20.6 Å². The summed E-state index contributed by atoms with van der Waals surface area (Å²) in [4.78, 5) is 40.9. The van der Waals surface area contributed by atoms with Crippen LogP contribution in [0, 0.1) is 11.8 Å². The second-order valence-electron chi connectivity index (χ2n) is 7.94. The smallest absolute Gasteiger partial charge is 0.248 e. The van der Waals surface area contributed by atoms with Gasteiger partial charge in [-0.2, -0.15) is 0 Å². The summed E-state index contributed by atoms with van der Waals surface area (Å²) >= 11 is 7.53. The average molecular weight is 438 g/mol. The van der Waals surface area contributed by atoms with E-state index in [9.17, 15) is 19.5 Å². The summed E-state index contributed by atoms with van der Waals surface area (Å²) in [6, 6.07) is 5.51. The number of nitrogens with one attached hydrogen (secondary N) is 2. The van der Waals surface area contributed by atoms with E-state index in [2.05, 4.69) is 10.6 Å². The van der Waals surface area contributed by atoms with Gasteiger partial charge in [-0.05, 0) is 44.0 Å². The third-order valence-electron chi connectivity index (χ3n) is 6.39. The van der Waals surface area contributed by atoms with Gasteiger partial charge in [0.15, 0.2) is 0 Å². The number of halogens is 1. The molecule has 3 saturated heterocycles. The summed E-state index contributed by atoms with van der Waals surface area (Å²) in [5.74, 6) is -1.67. The lowest BCUT2D eigenvalue weighted by Crippen LogP contribution is -2.54. The van der Waals surface area contributed by atoms with Crippen molar-refractivity contribution in [3.63, 3.8) is 0 Å². The van der Waals surface area contributed by atoms with Gasteiger partial charge in [-0.1, -0.05) is 11.6 Å². The molecule has 29 heavy (non-hydrogen) atoms. The number of anilines is 1. The van der Waals surface area contributed by atoms with Crippen molar-refractivity contribution in [2.45, 2.75) is 41.8 Å². The van der Waals surface area contributed by atoms with Gasteiger partial charge in [0.05, 0.1) is 29.2 Å². The van der Waals surface area contributed by atoms with E-state index in [0.717, 1.165) is 6.42 Å². The van der Waals surface area contributed by atoms with Gasteiger partial charge in [0.25, 0.3) is 0 Å². The van der Waals surface area contributed by atoms with Gasteiger partial charge in [0.1, 0.15) is 6.04 Å². The molecule has 3 fully saturated rings. The number of hydrogen-bond acceptors (Lipinski definition) is 5. The van der Waals surface area contributed by atoms with E-state index in [1.165, 1.54) is 4.90 Å². The van der Waals surface area contributed by atoms with Crippen LogP contribution < -0.4 is 10.6 Å². The first-order valence-electron chi connectivity index (χ1n) is 9.73. The molecule has 3 amide bonds. The van der Waals surface area contributed by atoms with Crippen LogP contribution in [0.1, 0.15) is 19.8 Å². The van der Waals surface area contributed by atoms with Crippen molar-refractivity contribution in [1.29, 1.82) is 0 Å². The number of rotatable bonds is 5. The first-order valence-corrected chi connectivity index (χ1v) is 11.0. The van der Waals surface area contributed by atoms with Crippen LogP contribution in [0.2, 0.25) is 5.02 Å². The lowest BCUT2D eigenvalue weighted by atomic mass is 9.71.